The molecule has 192 valence electrons. The summed E-state index contributed by atoms with van der Waals surface area (Å²) in [5, 5.41) is 3.87. The number of carbonyl (C=O) groups excluding carboxylic acids is 2. The number of nitrogens with one attached hydrogen (secondary N) is 1. The van der Waals surface area contributed by atoms with Crippen molar-refractivity contribution in [2.75, 3.05) is 17.1 Å². The summed E-state index contributed by atoms with van der Waals surface area (Å²) in [6, 6.07) is 8.04. The number of halogens is 4. The Morgan fingerprint density at radius 1 is 1.00 bits per heavy atom. The highest BCUT2D eigenvalue weighted by Gasteiger charge is 2.31. The second-order valence-electron chi connectivity index (χ2n) is 8.11. The summed E-state index contributed by atoms with van der Waals surface area (Å²) in [5.41, 5.74) is 0.551. The Morgan fingerprint density at radius 2 is 1.54 bits per heavy atom. The van der Waals surface area contributed by atoms with Crippen LogP contribution in [0.4, 0.5) is 5.69 Å². The Kier molecular flexibility index (Phi) is 10.5. The predicted octanol–water partition coefficient (Wildman–Crippen LogP) is 5.40. The highest BCUT2D eigenvalue weighted by atomic mass is 35.5. The number of amides is 2. The van der Waals surface area contributed by atoms with Gasteiger partial charge in [-0.1, -0.05) is 59.4 Å². The third kappa shape index (κ3) is 8.15. The van der Waals surface area contributed by atoms with Crippen molar-refractivity contribution >= 4 is 73.9 Å². The largest absolute Gasteiger partial charge is 0.352 e. The SMILES string of the molecule is CC[C@H](C)NC(=O)[C@H](C)N(Cc1c(Cl)cccc1Cl)C(=O)CN(c1cc(Cl)cc(Cl)c1)S(C)(=O)=O. The van der Waals surface area contributed by atoms with E-state index in [2.05, 4.69) is 5.32 Å². The Morgan fingerprint density at radius 3 is 2.03 bits per heavy atom. The van der Waals surface area contributed by atoms with Crippen LogP contribution in [0.25, 0.3) is 0 Å². The molecule has 2 rings (SSSR count). The molecule has 0 aliphatic rings. The van der Waals surface area contributed by atoms with Crippen molar-refractivity contribution in [3.63, 3.8) is 0 Å². The van der Waals surface area contributed by atoms with Gasteiger partial charge in [-0.15, -0.1) is 0 Å². The van der Waals surface area contributed by atoms with Crippen molar-refractivity contribution in [2.45, 2.75) is 45.8 Å². The van der Waals surface area contributed by atoms with E-state index in [0.717, 1.165) is 10.6 Å². The first-order valence-corrected chi connectivity index (χ1v) is 14.1. The number of anilines is 1. The molecule has 0 unspecified atom stereocenters. The maximum atomic E-state index is 13.6. The molecule has 0 saturated carbocycles. The average molecular weight is 583 g/mol. The number of carbonyl (C=O) groups is 2. The number of rotatable bonds is 10. The summed E-state index contributed by atoms with van der Waals surface area (Å²) in [4.78, 5) is 27.7. The van der Waals surface area contributed by atoms with E-state index in [4.69, 9.17) is 46.4 Å². The number of hydrogen-bond acceptors (Lipinski definition) is 4. The van der Waals surface area contributed by atoms with E-state index in [0.29, 0.717) is 22.0 Å². The van der Waals surface area contributed by atoms with E-state index in [1.165, 1.54) is 23.1 Å². The lowest BCUT2D eigenvalue weighted by molar-refractivity contribution is -0.139. The quantitative estimate of drug-likeness (QED) is 0.406. The molecule has 0 aliphatic heterocycles. The van der Waals surface area contributed by atoms with E-state index in [1.54, 1.807) is 25.1 Å². The van der Waals surface area contributed by atoms with Crippen molar-refractivity contribution < 1.29 is 18.0 Å². The fraction of sp³-hybridized carbons (Fsp3) is 0.391. The maximum Gasteiger partial charge on any atom is 0.244 e. The number of sulfonamides is 1. The minimum absolute atomic E-state index is 0.111. The van der Waals surface area contributed by atoms with Gasteiger partial charge < -0.3 is 10.2 Å². The van der Waals surface area contributed by atoms with Gasteiger partial charge in [0, 0.05) is 38.2 Å². The first kappa shape index (κ1) is 29.5. The Labute approximate surface area is 226 Å². The minimum atomic E-state index is -3.92. The summed E-state index contributed by atoms with van der Waals surface area (Å²) in [7, 11) is -3.92. The first-order chi connectivity index (χ1) is 16.2. The van der Waals surface area contributed by atoms with Crippen LogP contribution in [0.2, 0.25) is 20.1 Å². The number of nitrogens with zero attached hydrogens (tertiary/aromatic N) is 2. The van der Waals surface area contributed by atoms with Crippen molar-refractivity contribution in [1.82, 2.24) is 10.2 Å². The van der Waals surface area contributed by atoms with Crippen LogP contribution in [0.5, 0.6) is 0 Å². The van der Waals surface area contributed by atoms with Gasteiger partial charge in [-0.25, -0.2) is 8.42 Å². The monoisotopic (exact) mass is 581 g/mol. The molecule has 2 atom stereocenters. The van der Waals surface area contributed by atoms with E-state index in [9.17, 15) is 18.0 Å². The molecule has 12 heteroatoms. The molecule has 0 heterocycles. The van der Waals surface area contributed by atoms with E-state index in [1.807, 2.05) is 13.8 Å². The predicted molar refractivity (Wildman–Crippen MR) is 143 cm³/mol. The van der Waals surface area contributed by atoms with Crippen molar-refractivity contribution in [1.29, 1.82) is 0 Å². The van der Waals surface area contributed by atoms with Crippen LogP contribution in [-0.4, -0.2) is 50.0 Å². The van der Waals surface area contributed by atoms with E-state index >= 15 is 0 Å². The van der Waals surface area contributed by atoms with Gasteiger partial charge in [0.2, 0.25) is 21.8 Å². The highest BCUT2D eigenvalue weighted by Crippen LogP contribution is 2.29. The second-order valence-corrected chi connectivity index (χ2v) is 11.7. The smallest absolute Gasteiger partial charge is 0.244 e. The van der Waals surface area contributed by atoms with E-state index < -0.39 is 34.4 Å². The van der Waals surface area contributed by atoms with Gasteiger partial charge in [0.15, 0.2) is 0 Å². The molecule has 0 saturated heterocycles. The van der Waals surface area contributed by atoms with Crippen LogP contribution >= 0.6 is 46.4 Å². The summed E-state index contributed by atoms with van der Waals surface area (Å²) in [6.07, 6.45) is 1.66. The molecule has 0 radical (unpaired) electrons. The Hall–Kier alpha value is -1.71. The Bertz CT molecular complexity index is 1150. The molecule has 0 bridgehead atoms. The highest BCUT2D eigenvalue weighted by molar-refractivity contribution is 7.92. The van der Waals surface area contributed by atoms with Gasteiger partial charge in [0.1, 0.15) is 12.6 Å². The summed E-state index contributed by atoms with van der Waals surface area (Å²) in [6.45, 7) is 4.61. The molecule has 2 amide bonds. The van der Waals surface area contributed by atoms with E-state index in [-0.39, 0.29) is 28.3 Å². The molecule has 2 aromatic carbocycles. The minimum Gasteiger partial charge on any atom is -0.352 e. The van der Waals surface area contributed by atoms with Gasteiger partial charge >= 0.3 is 0 Å². The molecule has 0 aromatic heterocycles. The summed E-state index contributed by atoms with van der Waals surface area (Å²) >= 11 is 24.8. The number of benzene rings is 2. The molecule has 0 aliphatic carbocycles. The van der Waals surface area contributed by atoms with Gasteiger partial charge in [0.05, 0.1) is 11.9 Å². The van der Waals surface area contributed by atoms with Crippen LogP contribution in [0, 0.1) is 0 Å². The molecule has 35 heavy (non-hydrogen) atoms. The molecule has 0 spiro atoms. The fourth-order valence-corrected chi connectivity index (χ4v) is 5.06. The average Bonchev–Trinajstić information content (AvgIpc) is 2.75. The maximum absolute atomic E-state index is 13.6. The molecule has 1 N–H and O–H groups in total. The zero-order chi connectivity index (χ0) is 26.5. The molecular weight excluding hydrogens is 556 g/mol. The zero-order valence-electron chi connectivity index (χ0n) is 19.7. The zero-order valence-corrected chi connectivity index (χ0v) is 23.5. The fourth-order valence-electron chi connectivity index (χ4n) is 3.20. The summed E-state index contributed by atoms with van der Waals surface area (Å²) in [5.74, 6) is -1.04. The molecule has 0 fully saturated rings. The van der Waals surface area contributed by atoms with Crippen LogP contribution in [0.1, 0.15) is 32.8 Å². The van der Waals surface area contributed by atoms with Crippen LogP contribution < -0.4 is 9.62 Å². The standard InChI is InChI=1S/C23H27Cl4N3O4S/c1-5-14(2)28-23(32)15(3)29(12-19-20(26)7-6-8-21(19)27)22(31)13-30(35(4,33)34)18-10-16(24)9-17(25)11-18/h6-11,14-15H,5,12-13H2,1-4H3,(H,28,32)/t14-,15-/m0/s1. The lowest BCUT2D eigenvalue weighted by Crippen LogP contribution is -2.52. The van der Waals surface area contributed by atoms with Gasteiger partial charge in [-0.05, 0) is 50.6 Å². The van der Waals surface area contributed by atoms with Gasteiger partial charge in [-0.2, -0.15) is 0 Å². The first-order valence-electron chi connectivity index (χ1n) is 10.7. The topological polar surface area (TPSA) is 86.8 Å². The van der Waals surface area contributed by atoms with Gasteiger partial charge in [0.25, 0.3) is 0 Å². The third-order valence-electron chi connectivity index (χ3n) is 5.37. The van der Waals surface area contributed by atoms with Crippen molar-refractivity contribution in [2.24, 2.45) is 0 Å². The second kappa shape index (κ2) is 12.5. The molecule has 7 nitrogen and oxygen atoms in total. The number of hydrogen-bond donors (Lipinski definition) is 1. The van der Waals surface area contributed by atoms with Crippen molar-refractivity contribution in [3.8, 4) is 0 Å². The molecular formula is C23H27Cl4N3O4S. The molecule has 2 aromatic rings. The van der Waals surface area contributed by atoms with Crippen molar-refractivity contribution in [3.05, 3.63) is 62.1 Å². The third-order valence-corrected chi connectivity index (χ3v) is 7.66. The normalized spacial score (nSPS) is 13.1. The summed E-state index contributed by atoms with van der Waals surface area (Å²) < 4.78 is 26.1. The lowest BCUT2D eigenvalue weighted by atomic mass is 10.1. The van der Waals surface area contributed by atoms with Crippen LogP contribution in [0.3, 0.4) is 0 Å². The van der Waals surface area contributed by atoms with Crippen LogP contribution in [-0.2, 0) is 26.2 Å². The van der Waals surface area contributed by atoms with Gasteiger partial charge in [-0.3, -0.25) is 13.9 Å². The van der Waals surface area contributed by atoms with Crippen LogP contribution in [0.15, 0.2) is 36.4 Å². The lowest BCUT2D eigenvalue weighted by Gasteiger charge is -2.32. The Balaban J connectivity index is 2.48.